The molecule has 114 valence electrons. The van der Waals surface area contributed by atoms with Crippen molar-refractivity contribution in [1.29, 1.82) is 0 Å². The van der Waals surface area contributed by atoms with E-state index in [0.717, 1.165) is 23.8 Å². The molecule has 1 aromatic rings. The number of benzene rings is 1. The number of carbonyl (C=O) groups excluding carboxylic acids is 1. The van der Waals surface area contributed by atoms with Gasteiger partial charge in [-0.3, -0.25) is 4.79 Å². The van der Waals surface area contributed by atoms with Gasteiger partial charge in [-0.05, 0) is 30.9 Å². The van der Waals surface area contributed by atoms with Gasteiger partial charge in [-0.1, -0.05) is 30.3 Å². The van der Waals surface area contributed by atoms with Gasteiger partial charge in [-0.2, -0.15) is 4.31 Å². The van der Waals surface area contributed by atoms with Gasteiger partial charge in [-0.15, -0.1) is 0 Å². The maximum Gasteiger partial charge on any atom is 0.324 e. The Morgan fingerprint density at radius 1 is 1.29 bits per heavy atom. The van der Waals surface area contributed by atoms with Crippen molar-refractivity contribution in [1.82, 2.24) is 4.31 Å². The van der Waals surface area contributed by atoms with Crippen molar-refractivity contribution < 1.29 is 17.9 Å². The van der Waals surface area contributed by atoms with Gasteiger partial charge in [0, 0.05) is 12.0 Å². The van der Waals surface area contributed by atoms with Crippen molar-refractivity contribution in [3.8, 4) is 0 Å². The van der Waals surface area contributed by atoms with Crippen LogP contribution >= 0.6 is 0 Å². The summed E-state index contributed by atoms with van der Waals surface area (Å²) in [4.78, 5) is 11.7. The number of hydrogen-bond donors (Lipinski definition) is 0. The summed E-state index contributed by atoms with van der Waals surface area (Å²) in [5.41, 5.74) is 0.799. The zero-order valence-corrected chi connectivity index (χ0v) is 12.8. The third-order valence-corrected chi connectivity index (χ3v) is 5.06. The van der Waals surface area contributed by atoms with Crippen molar-refractivity contribution in [2.75, 3.05) is 13.7 Å². The fourth-order valence-corrected chi connectivity index (χ4v) is 3.80. The second kappa shape index (κ2) is 6.87. The molecule has 0 aliphatic carbocycles. The van der Waals surface area contributed by atoms with Gasteiger partial charge in [0.2, 0.25) is 10.0 Å². The molecule has 0 bridgehead atoms. The molecule has 5 nitrogen and oxygen atoms in total. The van der Waals surface area contributed by atoms with Crippen LogP contribution in [0, 0.1) is 0 Å². The molecule has 0 aromatic heterocycles. The van der Waals surface area contributed by atoms with Crippen LogP contribution in [-0.4, -0.2) is 38.4 Å². The molecule has 0 radical (unpaired) electrons. The van der Waals surface area contributed by atoms with Crippen LogP contribution in [0.25, 0.3) is 6.08 Å². The predicted octanol–water partition coefficient (Wildman–Crippen LogP) is 2.01. The zero-order valence-electron chi connectivity index (χ0n) is 11.9. The van der Waals surface area contributed by atoms with Gasteiger partial charge in [-0.25, -0.2) is 8.42 Å². The first-order chi connectivity index (χ1) is 10.0. The van der Waals surface area contributed by atoms with Crippen LogP contribution < -0.4 is 0 Å². The van der Waals surface area contributed by atoms with Gasteiger partial charge in [0.05, 0.1) is 7.11 Å². The smallest absolute Gasteiger partial charge is 0.324 e. The first kappa shape index (κ1) is 15.7. The Bertz CT molecular complexity index is 610. The molecule has 0 saturated carbocycles. The SMILES string of the molecule is COC(=O)[C@H]1CCCCN1S(=O)(=O)/C=C\c1ccccc1. The van der Waals surface area contributed by atoms with Crippen LogP contribution in [0.3, 0.4) is 0 Å². The lowest BCUT2D eigenvalue weighted by molar-refractivity contribution is -0.146. The Labute approximate surface area is 125 Å². The molecule has 1 atom stereocenters. The number of sulfonamides is 1. The van der Waals surface area contributed by atoms with E-state index in [9.17, 15) is 13.2 Å². The Kier molecular flexibility index (Phi) is 5.14. The van der Waals surface area contributed by atoms with E-state index in [1.807, 2.05) is 30.3 Å². The number of rotatable bonds is 4. The van der Waals surface area contributed by atoms with E-state index in [4.69, 9.17) is 4.74 Å². The van der Waals surface area contributed by atoms with Crippen molar-refractivity contribution >= 4 is 22.1 Å². The summed E-state index contributed by atoms with van der Waals surface area (Å²) in [7, 11) is -2.35. The highest BCUT2D eigenvalue weighted by atomic mass is 32.2. The quantitative estimate of drug-likeness (QED) is 0.798. The number of methoxy groups -OCH3 is 1. The summed E-state index contributed by atoms with van der Waals surface area (Å²) in [5.74, 6) is -0.494. The largest absolute Gasteiger partial charge is 0.468 e. The summed E-state index contributed by atoms with van der Waals surface area (Å²) in [6.45, 7) is 0.348. The molecule has 6 heteroatoms. The van der Waals surface area contributed by atoms with Crippen molar-refractivity contribution in [2.24, 2.45) is 0 Å². The van der Waals surface area contributed by atoms with E-state index in [1.54, 1.807) is 0 Å². The van der Waals surface area contributed by atoms with Crippen molar-refractivity contribution in [3.63, 3.8) is 0 Å². The third kappa shape index (κ3) is 3.92. The average Bonchev–Trinajstić information content (AvgIpc) is 2.53. The standard InChI is InChI=1S/C15H19NO4S/c1-20-15(17)14-9-5-6-11-16(14)21(18,19)12-10-13-7-3-2-4-8-13/h2-4,7-8,10,12,14H,5-6,9,11H2,1H3/b12-10-/t14-/m1/s1. The first-order valence-corrected chi connectivity index (χ1v) is 8.38. The molecule has 1 aliphatic heterocycles. The fourth-order valence-electron chi connectivity index (χ4n) is 2.39. The normalized spacial score (nSPS) is 20.5. The minimum absolute atomic E-state index is 0.348. The van der Waals surface area contributed by atoms with E-state index in [-0.39, 0.29) is 0 Å². The van der Waals surface area contributed by atoms with Gasteiger partial charge in [0.25, 0.3) is 0 Å². The molecule has 0 unspecified atom stereocenters. The van der Waals surface area contributed by atoms with Gasteiger partial charge >= 0.3 is 5.97 Å². The Hall–Kier alpha value is -1.66. The molecule has 21 heavy (non-hydrogen) atoms. The number of ether oxygens (including phenoxy) is 1. The summed E-state index contributed by atoms with van der Waals surface area (Å²) >= 11 is 0. The third-order valence-electron chi connectivity index (χ3n) is 3.49. The van der Waals surface area contributed by atoms with Crippen molar-refractivity contribution in [3.05, 3.63) is 41.3 Å². The van der Waals surface area contributed by atoms with Gasteiger partial charge < -0.3 is 4.74 Å². The number of piperidine rings is 1. The monoisotopic (exact) mass is 309 g/mol. The molecule has 1 aliphatic rings. The molecule has 0 spiro atoms. The molecule has 0 N–H and O–H groups in total. The molecular formula is C15H19NO4S. The number of carbonyl (C=O) groups is 1. The molecule has 0 amide bonds. The molecule has 1 fully saturated rings. The highest BCUT2D eigenvalue weighted by molar-refractivity contribution is 7.92. The number of esters is 1. The van der Waals surface area contributed by atoms with E-state index < -0.39 is 22.0 Å². The highest BCUT2D eigenvalue weighted by Crippen LogP contribution is 2.22. The number of hydrogen-bond acceptors (Lipinski definition) is 4. The van der Waals surface area contributed by atoms with Gasteiger partial charge in [0.15, 0.2) is 0 Å². The zero-order chi connectivity index (χ0) is 15.3. The summed E-state index contributed by atoms with van der Waals surface area (Å²) in [6.07, 6.45) is 3.63. The van der Waals surface area contributed by atoms with E-state index >= 15 is 0 Å². The van der Waals surface area contributed by atoms with Crippen LogP contribution in [0.4, 0.5) is 0 Å². The molecular weight excluding hydrogens is 290 g/mol. The Balaban J connectivity index is 2.20. The van der Waals surface area contributed by atoms with Crippen LogP contribution in [0.2, 0.25) is 0 Å². The second-order valence-corrected chi connectivity index (χ2v) is 6.67. The Morgan fingerprint density at radius 2 is 2.00 bits per heavy atom. The Morgan fingerprint density at radius 3 is 2.67 bits per heavy atom. The maximum atomic E-state index is 12.4. The van der Waals surface area contributed by atoms with Crippen LogP contribution in [-0.2, 0) is 19.6 Å². The first-order valence-electron chi connectivity index (χ1n) is 6.87. The molecule has 1 heterocycles. The van der Waals surface area contributed by atoms with Crippen LogP contribution in [0.5, 0.6) is 0 Å². The lowest BCUT2D eigenvalue weighted by atomic mass is 10.1. The molecule has 2 rings (SSSR count). The average molecular weight is 309 g/mol. The van der Waals surface area contributed by atoms with E-state index in [2.05, 4.69) is 0 Å². The minimum atomic E-state index is -3.63. The predicted molar refractivity (Wildman–Crippen MR) is 80.8 cm³/mol. The molecule has 1 saturated heterocycles. The van der Waals surface area contributed by atoms with Gasteiger partial charge in [0.1, 0.15) is 6.04 Å². The van der Waals surface area contributed by atoms with Crippen molar-refractivity contribution in [2.45, 2.75) is 25.3 Å². The highest BCUT2D eigenvalue weighted by Gasteiger charge is 2.36. The lowest BCUT2D eigenvalue weighted by Gasteiger charge is -2.31. The summed E-state index contributed by atoms with van der Waals surface area (Å²) in [5, 5.41) is 1.16. The van der Waals surface area contributed by atoms with Crippen LogP contribution in [0.15, 0.2) is 35.7 Å². The minimum Gasteiger partial charge on any atom is -0.468 e. The van der Waals surface area contributed by atoms with E-state index in [1.165, 1.54) is 17.5 Å². The number of nitrogens with zero attached hydrogens (tertiary/aromatic N) is 1. The van der Waals surface area contributed by atoms with Crippen LogP contribution in [0.1, 0.15) is 24.8 Å². The summed E-state index contributed by atoms with van der Waals surface area (Å²) < 4.78 is 30.8. The molecule has 1 aromatic carbocycles. The lowest BCUT2D eigenvalue weighted by Crippen LogP contribution is -2.47. The fraction of sp³-hybridized carbons (Fsp3) is 0.400. The van der Waals surface area contributed by atoms with E-state index in [0.29, 0.717) is 13.0 Å². The summed E-state index contributed by atoms with van der Waals surface area (Å²) in [6, 6.07) is 8.47. The topological polar surface area (TPSA) is 63.7 Å². The second-order valence-electron chi connectivity index (χ2n) is 4.90. The maximum absolute atomic E-state index is 12.4.